The van der Waals surface area contributed by atoms with Crippen molar-refractivity contribution in [2.45, 2.75) is 37.1 Å². The molecule has 1 aliphatic rings. The first kappa shape index (κ1) is 21.9. The van der Waals surface area contributed by atoms with Gasteiger partial charge in [0.15, 0.2) is 18.2 Å². The third-order valence-corrected chi connectivity index (χ3v) is 4.70. The number of aliphatic hydroxyl groups excluding tert-OH is 1. The van der Waals surface area contributed by atoms with Crippen LogP contribution in [0.15, 0.2) is 36.4 Å². The van der Waals surface area contributed by atoms with Crippen LogP contribution >= 0.6 is 0 Å². The zero-order valence-electron chi connectivity index (χ0n) is 15.4. The first-order valence-corrected chi connectivity index (χ1v) is 8.93. The molecule has 1 fully saturated rings. The Morgan fingerprint density at radius 3 is 2.40 bits per heavy atom. The van der Waals surface area contributed by atoms with Crippen LogP contribution in [-0.4, -0.2) is 23.8 Å². The van der Waals surface area contributed by atoms with Crippen LogP contribution in [0.5, 0.6) is 5.75 Å². The number of rotatable bonds is 7. The predicted octanol–water partition coefficient (Wildman–Crippen LogP) is 4.27. The molecular formula is C20H17F6NO3. The summed E-state index contributed by atoms with van der Waals surface area (Å²) < 4.78 is 82.0. The molecule has 1 atom stereocenters. The van der Waals surface area contributed by atoms with Gasteiger partial charge >= 0.3 is 6.18 Å². The van der Waals surface area contributed by atoms with Crippen LogP contribution in [0.1, 0.15) is 36.5 Å². The second-order valence-electron chi connectivity index (χ2n) is 7.07. The van der Waals surface area contributed by atoms with E-state index in [1.165, 1.54) is 6.07 Å². The highest BCUT2D eigenvalue weighted by Crippen LogP contribution is 2.47. The van der Waals surface area contributed by atoms with Gasteiger partial charge in [-0.15, -0.1) is 0 Å². The number of amides is 1. The highest BCUT2D eigenvalue weighted by Gasteiger charge is 2.46. The SMILES string of the molecule is O=C(CC(O)c1ccc(F)cc1F)NC1(c2ccc(F)c(OCC(F)(F)F)c2)CC1. The topological polar surface area (TPSA) is 58.6 Å². The fourth-order valence-electron chi connectivity index (χ4n) is 3.06. The molecule has 1 amide bonds. The Bertz CT molecular complexity index is 943. The molecule has 4 nitrogen and oxygen atoms in total. The molecule has 1 saturated carbocycles. The first-order chi connectivity index (χ1) is 14.0. The molecule has 0 bridgehead atoms. The fraction of sp³-hybridized carbons (Fsp3) is 0.350. The van der Waals surface area contributed by atoms with Crippen LogP contribution in [0.2, 0.25) is 0 Å². The van der Waals surface area contributed by atoms with E-state index in [0.717, 1.165) is 24.3 Å². The van der Waals surface area contributed by atoms with Crippen molar-refractivity contribution in [1.82, 2.24) is 5.32 Å². The monoisotopic (exact) mass is 433 g/mol. The second-order valence-corrected chi connectivity index (χ2v) is 7.07. The first-order valence-electron chi connectivity index (χ1n) is 8.93. The van der Waals surface area contributed by atoms with Gasteiger partial charge in [0.1, 0.15) is 11.6 Å². The van der Waals surface area contributed by atoms with Gasteiger partial charge in [0, 0.05) is 11.6 Å². The lowest BCUT2D eigenvalue weighted by Crippen LogP contribution is -2.35. The van der Waals surface area contributed by atoms with E-state index in [-0.39, 0.29) is 5.56 Å². The van der Waals surface area contributed by atoms with Gasteiger partial charge in [-0.05, 0) is 36.6 Å². The van der Waals surface area contributed by atoms with Crippen molar-refractivity contribution in [3.8, 4) is 5.75 Å². The van der Waals surface area contributed by atoms with E-state index in [1.807, 2.05) is 0 Å². The molecule has 1 aliphatic carbocycles. The van der Waals surface area contributed by atoms with E-state index in [2.05, 4.69) is 10.1 Å². The average molecular weight is 433 g/mol. The number of halogens is 6. The van der Waals surface area contributed by atoms with Crippen LogP contribution in [-0.2, 0) is 10.3 Å². The molecule has 2 aromatic rings. The highest BCUT2D eigenvalue weighted by molar-refractivity contribution is 5.78. The number of aliphatic hydroxyl groups is 1. The summed E-state index contributed by atoms with van der Waals surface area (Å²) in [5.41, 5.74) is -0.847. The summed E-state index contributed by atoms with van der Waals surface area (Å²) >= 11 is 0. The van der Waals surface area contributed by atoms with Crippen molar-refractivity contribution in [3.05, 3.63) is 65.0 Å². The lowest BCUT2D eigenvalue weighted by atomic mass is 10.0. The van der Waals surface area contributed by atoms with Gasteiger partial charge in [-0.2, -0.15) is 13.2 Å². The summed E-state index contributed by atoms with van der Waals surface area (Å²) in [5.74, 6) is -4.07. The maximum absolute atomic E-state index is 13.8. The van der Waals surface area contributed by atoms with Gasteiger partial charge in [-0.3, -0.25) is 4.79 Å². The highest BCUT2D eigenvalue weighted by atomic mass is 19.4. The van der Waals surface area contributed by atoms with E-state index in [4.69, 9.17) is 0 Å². The normalized spacial score (nSPS) is 16.1. The second kappa shape index (κ2) is 8.17. The van der Waals surface area contributed by atoms with Crippen LogP contribution < -0.4 is 10.1 Å². The average Bonchev–Trinajstić information content (AvgIpc) is 3.40. The lowest BCUT2D eigenvalue weighted by molar-refractivity contribution is -0.153. The molecule has 0 aromatic heterocycles. The zero-order valence-corrected chi connectivity index (χ0v) is 15.4. The van der Waals surface area contributed by atoms with Crippen LogP contribution in [0.4, 0.5) is 26.3 Å². The van der Waals surface area contributed by atoms with E-state index in [1.54, 1.807) is 0 Å². The number of nitrogens with one attached hydrogen (secondary N) is 1. The number of hydrogen-bond acceptors (Lipinski definition) is 3. The fourth-order valence-corrected chi connectivity index (χ4v) is 3.06. The van der Waals surface area contributed by atoms with Gasteiger partial charge in [0.05, 0.1) is 18.1 Å². The van der Waals surface area contributed by atoms with Crippen LogP contribution in [0, 0.1) is 17.5 Å². The van der Waals surface area contributed by atoms with Crippen molar-refractivity contribution in [3.63, 3.8) is 0 Å². The molecule has 30 heavy (non-hydrogen) atoms. The summed E-state index contributed by atoms with van der Waals surface area (Å²) in [6.07, 6.45) is -5.82. The summed E-state index contributed by atoms with van der Waals surface area (Å²) in [5, 5.41) is 12.7. The van der Waals surface area contributed by atoms with Gasteiger partial charge in [0.2, 0.25) is 5.91 Å². The molecule has 0 radical (unpaired) electrons. The lowest BCUT2D eigenvalue weighted by Gasteiger charge is -2.21. The van der Waals surface area contributed by atoms with Crippen LogP contribution in [0.25, 0.3) is 0 Å². The Balaban J connectivity index is 1.68. The number of benzene rings is 2. The Morgan fingerprint density at radius 2 is 1.80 bits per heavy atom. The Hall–Kier alpha value is -2.75. The van der Waals surface area contributed by atoms with Crippen molar-refractivity contribution >= 4 is 5.91 Å². The molecule has 0 saturated heterocycles. The standard InChI is InChI=1S/C20H17F6NO3/c21-12-2-3-13(15(23)8-12)16(28)9-18(29)27-19(5-6-19)11-1-4-14(22)17(7-11)30-10-20(24,25)26/h1-4,7-8,16,28H,5-6,9-10H2,(H,27,29). The van der Waals surface area contributed by atoms with E-state index in [9.17, 15) is 36.2 Å². The molecule has 10 heteroatoms. The van der Waals surface area contributed by atoms with Crippen molar-refractivity contribution in [1.29, 1.82) is 0 Å². The molecule has 3 rings (SSSR count). The van der Waals surface area contributed by atoms with Crippen molar-refractivity contribution in [2.75, 3.05) is 6.61 Å². The van der Waals surface area contributed by atoms with Gasteiger partial charge in [-0.1, -0.05) is 12.1 Å². The summed E-state index contributed by atoms with van der Waals surface area (Å²) in [7, 11) is 0. The molecule has 0 heterocycles. The number of alkyl halides is 3. The Morgan fingerprint density at radius 1 is 1.10 bits per heavy atom. The molecule has 1 unspecified atom stereocenters. The third-order valence-electron chi connectivity index (χ3n) is 4.70. The zero-order chi connectivity index (χ0) is 22.1. The third kappa shape index (κ3) is 5.24. The molecule has 0 spiro atoms. The minimum Gasteiger partial charge on any atom is -0.481 e. The maximum atomic E-state index is 13.8. The minimum atomic E-state index is -4.64. The Kier molecular flexibility index (Phi) is 5.98. The molecule has 2 aromatic carbocycles. The molecular weight excluding hydrogens is 416 g/mol. The van der Waals surface area contributed by atoms with E-state index in [0.29, 0.717) is 24.5 Å². The molecule has 162 valence electrons. The van der Waals surface area contributed by atoms with Crippen LogP contribution in [0.3, 0.4) is 0 Å². The number of carbonyl (C=O) groups excluding carboxylic acids is 1. The maximum Gasteiger partial charge on any atom is 0.422 e. The number of carbonyl (C=O) groups is 1. The van der Waals surface area contributed by atoms with E-state index < -0.39 is 60.0 Å². The summed E-state index contributed by atoms with van der Waals surface area (Å²) in [4.78, 5) is 12.3. The van der Waals surface area contributed by atoms with Gasteiger partial charge < -0.3 is 15.2 Å². The number of hydrogen-bond donors (Lipinski definition) is 2. The predicted molar refractivity (Wildman–Crippen MR) is 92.9 cm³/mol. The number of ether oxygens (including phenoxy) is 1. The van der Waals surface area contributed by atoms with Gasteiger partial charge in [0.25, 0.3) is 0 Å². The summed E-state index contributed by atoms with van der Waals surface area (Å²) in [6, 6.07) is 5.90. The quantitative estimate of drug-likeness (QED) is 0.642. The minimum absolute atomic E-state index is 0.249. The van der Waals surface area contributed by atoms with Gasteiger partial charge in [-0.25, -0.2) is 13.2 Å². The van der Waals surface area contributed by atoms with E-state index >= 15 is 0 Å². The smallest absolute Gasteiger partial charge is 0.422 e. The molecule has 0 aliphatic heterocycles. The molecule has 2 N–H and O–H groups in total. The Labute approximate surface area is 167 Å². The van der Waals surface area contributed by atoms with Crippen molar-refractivity contribution < 1.29 is 41.0 Å². The van der Waals surface area contributed by atoms with Crippen molar-refractivity contribution in [2.24, 2.45) is 0 Å². The largest absolute Gasteiger partial charge is 0.481 e. The summed E-state index contributed by atoms with van der Waals surface area (Å²) in [6.45, 7) is -1.66.